The fourth-order valence-corrected chi connectivity index (χ4v) is 3.01. The van der Waals surface area contributed by atoms with Gasteiger partial charge in [0.2, 0.25) is 5.12 Å². The topological polar surface area (TPSA) is 29.4 Å². The van der Waals surface area contributed by atoms with E-state index in [1.165, 1.54) is 11.8 Å². The molecule has 0 aliphatic carbocycles. The molecule has 1 aliphatic rings. The molecule has 1 rings (SSSR count). The average molecular weight is 203 g/mol. The Morgan fingerprint density at radius 1 is 1.67 bits per heavy atom. The summed E-state index contributed by atoms with van der Waals surface area (Å²) in [5.74, 6) is 1.32. The third kappa shape index (κ3) is 2.26. The predicted octanol–water partition coefficient (Wildman–Crippen LogP) is 2.39. The first-order valence-corrected chi connectivity index (χ1v) is 5.87. The van der Waals surface area contributed by atoms with E-state index in [2.05, 4.69) is 11.9 Å². The molecule has 0 N–H and O–H groups in total. The fourth-order valence-electron chi connectivity index (χ4n) is 0.950. The lowest BCUT2D eigenvalue weighted by atomic mass is 10.1. The monoisotopic (exact) mass is 203 g/mol. The van der Waals surface area contributed by atoms with Crippen LogP contribution in [0.4, 0.5) is 0 Å². The molecule has 0 bridgehead atoms. The number of hydrogen-bond acceptors (Lipinski definition) is 4. The number of rotatable bonds is 2. The van der Waals surface area contributed by atoms with Gasteiger partial charge in [0, 0.05) is 0 Å². The molecule has 1 aliphatic heterocycles. The second-order valence-electron chi connectivity index (χ2n) is 2.94. The SMILES string of the molecule is CCSC1=NC(C(C)C)C(=O)S1. The molecular weight excluding hydrogens is 190 g/mol. The lowest BCUT2D eigenvalue weighted by Gasteiger charge is -2.06. The summed E-state index contributed by atoms with van der Waals surface area (Å²) < 4.78 is 0.946. The molecule has 0 aromatic heterocycles. The van der Waals surface area contributed by atoms with Crippen LogP contribution in [0.25, 0.3) is 0 Å². The van der Waals surface area contributed by atoms with Crippen molar-refractivity contribution in [3.8, 4) is 0 Å². The van der Waals surface area contributed by atoms with Gasteiger partial charge in [0.15, 0.2) is 0 Å². The smallest absolute Gasteiger partial charge is 0.220 e. The number of thioether (sulfide) groups is 2. The van der Waals surface area contributed by atoms with E-state index in [4.69, 9.17) is 0 Å². The lowest BCUT2D eigenvalue weighted by molar-refractivity contribution is -0.112. The highest BCUT2D eigenvalue weighted by Gasteiger charge is 2.29. The molecule has 2 nitrogen and oxygen atoms in total. The van der Waals surface area contributed by atoms with E-state index in [0.717, 1.165) is 10.1 Å². The summed E-state index contributed by atoms with van der Waals surface area (Å²) in [6, 6.07) is -0.0935. The van der Waals surface area contributed by atoms with Crippen molar-refractivity contribution in [2.75, 3.05) is 5.75 Å². The van der Waals surface area contributed by atoms with E-state index in [1.807, 2.05) is 13.8 Å². The first-order valence-electron chi connectivity index (χ1n) is 4.07. The zero-order chi connectivity index (χ0) is 9.14. The van der Waals surface area contributed by atoms with Crippen LogP contribution in [-0.4, -0.2) is 21.3 Å². The minimum atomic E-state index is -0.0935. The highest BCUT2D eigenvalue weighted by atomic mass is 32.2. The number of carbonyl (C=O) groups excluding carboxylic acids is 1. The van der Waals surface area contributed by atoms with Crippen molar-refractivity contribution in [2.24, 2.45) is 10.9 Å². The average Bonchev–Trinajstić information content (AvgIpc) is 2.32. The molecular formula is C8H13NOS2. The lowest BCUT2D eigenvalue weighted by Crippen LogP contribution is -2.17. The maximum atomic E-state index is 11.3. The zero-order valence-corrected chi connectivity index (χ0v) is 9.17. The van der Waals surface area contributed by atoms with Gasteiger partial charge in [0.1, 0.15) is 10.4 Å². The van der Waals surface area contributed by atoms with Gasteiger partial charge in [0.05, 0.1) is 0 Å². The van der Waals surface area contributed by atoms with Crippen LogP contribution in [0.2, 0.25) is 0 Å². The van der Waals surface area contributed by atoms with E-state index < -0.39 is 0 Å². The molecule has 4 heteroatoms. The normalized spacial score (nSPS) is 23.5. The summed E-state index contributed by atoms with van der Waals surface area (Å²) in [4.78, 5) is 15.7. The van der Waals surface area contributed by atoms with Gasteiger partial charge in [-0.25, -0.2) is 0 Å². The molecule has 0 saturated carbocycles. The molecule has 0 aromatic carbocycles. The van der Waals surface area contributed by atoms with Crippen LogP contribution in [0.5, 0.6) is 0 Å². The molecule has 0 aromatic rings. The minimum Gasteiger partial charge on any atom is -0.284 e. The third-order valence-corrected chi connectivity index (χ3v) is 3.54. The summed E-state index contributed by atoms with van der Waals surface area (Å²) in [7, 11) is 0. The van der Waals surface area contributed by atoms with Gasteiger partial charge in [-0.2, -0.15) is 0 Å². The van der Waals surface area contributed by atoms with E-state index in [9.17, 15) is 4.79 Å². The summed E-state index contributed by atoms with van der Waals surface area (Å²) in [5, 5.41) is 0.209. The number of carbonyl (C=O) groups is 1. The van der Waals surface area contributed by atoms with Crippen LogP contribution in [0.3, 0.4) is 0 Å². The molecule has 1 heterocycles. The van der Waals surface area contributed by atoms with E-state index in [0.29, 0.717) is 5.92 Å². The van der Waals surface area contributed by atoms with Crippen molar-refractivity contribution < 1.29 is 4.79 Å². The first-order chi connectivity index (χ1) is 5.65. The van der Waals surface area contributed by atoms with Gasteiger partial charge >= 0.3 is 0 Å². The van der Waals surface area contributed by atoms with Gasteiger partial charge in [-0.15, -0.1) is 0 Å². The van der Waals surface area contributed by atoms with Crippen LogP contribution in [0.15, 0.2) is 4.99 Å². The second kappa shape index (κ2) is 4.33. The maximum absolute atomic E-state index is 11.3. The quantitative estimate of drug-likeness (QED) is 0.690. The fraction of sp³-hybridized carbons (Fsp3) is 0.750. The van der Waals surface area contributed by atoms with Crippen LogP contribution >= 0.6 is 23.5 Å². The third-order valence-electron chi connectivity index (χ3n) is 1.57. The summed E-state index contributed by atoms with van der Waals surface area (Å²) in [6.07, 6.45) is 0. The van der Waals surface area contributed by atoms with Gasteiger partial charge in [-0.05, 0) is 23.4 Å². The highest BCUT2D eigenvalue weighted by Crippen LogP contribution is 2.30. The van der Waals surface area contributed by atoms with Crippen molar-refractivity contribution >= 4 is 33.0 Å². The Kier molecular flexibility index (Phi) is 3.65. The predicted molar refractivity (Wildman–Crippen MR) is 56.8 cm³/mol. The van der Waals surface area contributed by atoms with Crippen LogP contribution in [0.1, 0.15) is 20.8 Å². The maximum Gasteiger partial charge on any atom is 0.220 e. The molecule has 1 unspecified atom stereocenters. The Hall–Kier alpha value is 0.0400. The zero-order valence-electron chi connectivity index (χ0n) is 7.53. The summed E-state index contributed by atoms with van der Waals surface area (Å²) in [6.45, 7) is 6.14. The van der Waals surface area contributed by atoms with Gasteiger partial charge < -0.3 is 0 Å². The Bertz CT molecular complexity index is 213. The Balaban J connectivity index is 2.60. The molecule has 0 radical (unpaired) electrons. The van der Waals surface area contributed by atoms with Crippen molar-refractivity contribution in [1.29, 1.82) is 0 Å². The first kappa shape index (κ1) is 10.1. The van der Waals surface area contributed by atoms with E-state index >= 15 is 0 Å². The van der Waals surface area contributed by atoms with Crippen molar-refractivity contribution in [1.82, 2.24) is 0 Å². The van der Waals surface area contributed by atoms with Crippen molar-refractivity contribution in [2.45, 2.75) is 26.8 Å². The van der Waals surface area contributed by atoms with Crippen molar-refractivity contribution in [3.63, 3.8) is 0 Å². The number of hydrogen-bond donors (Lipinski definition) is 0. The Labute approximate surface area is 81.6 Å². The van der Waals surface area contributed by atoms with Crippen LogP contribution < -0.4 is 0 Å². The van der Waals surface area contributed by atoms with Crippen LogP contribution in [0, 0.1) is 5.92 Å². The summed E-state index contributed by atoms with van der Waals surface area (Å²) in [5.41, 5.74) is 0. The Morgan fingerprint density at radius 2 is 2.33 bits per heavy atom. The molecule has 12 heavy (non-hydrogen) atoms. The molecule has 68 valence electrons. The van der Waals surface area contributed by atoms with Gasteiger partial charge in [0.25, 0.3) is 0 Å². The number of aliphatic imine (C=N–C) groups is 1. The Morgan fingerprint density at radius 3 is 2.75 bits per heavy atom. The molecule has 1 atom stereocenters. The van der Waals surface area contributed by atoms with Crippen LogP contribution in [-0.2, 0) is 4.79 Å². The van der Waals surface area contributed by atoms with Crippen molar-refractivity contribution in [3.05, 3.63) is 0 Å². The van der Waals surface area contributed by atoms with E-state index in [1.54, 1.807) is 11.8 Å². The molecule has 0 fully saturated rings. The molecule has 0 amide bonds. The standard InChI is InChI=1S/C8H13NOS2/c1-4-11-8-9-6(5(2)3)7(10)12-8/h5-6H,4H2,1-3H3. The largest absolute Gasteiger partial charge is 0.284 e. The number of nitrogens with zero attached hydrogens (tertiary/aromatic N) is 1. The van der Waals surface area contributed by atoms with Gasteiger partial charge in [-0.1, -0.05) is 32.5 Å². The van der Waals surface area contributed by atoms with Gasteiger partial charge in [-0.3, -0.25) is 9.79 Å². The molecule has 0 saturated heterocycles. The summed E-state index contributed by atoms with van der Waals surface area (Å²) >= 11 is 2.96. The van der Waals surface area contributed by atoms with E-state index in [-0.39, 0.29) is 11.2 Å². The highest BCUT2D eigenvalue weighted by molar-refractivity contribution is 8.45. The minimum absolute atomic E-state index is 0.0935. The molecule has 0 spiro atoms. The second-order valence-corrected chi connectivity index (χ2v) is 5.44.